The second kappa shape index (κ2) is 8.44. The highest BCUT2D eigenvalue weighted by atomic mass is 16.3. The third-order valence-corrected chi connectivity index (χ3v) is 11.8. The van der Waals surface area contributed by atoms with Crippen LogP contribution in [0.4, 0.5) is 0 Å². The topological polar surface area (TPSA) is 135 Å². The van der Waals surface area contributed by atoms with Gasteiger partial charge < -0.3 is 25.5 Å². The Morgan fingerprint density at radius 3 is 2.16 bits per heavy atom. The van der Waals surface area contributed by atoms with Crippen LogP contribution in [0.1, 0.15) is 93.9 Å². The summed E-state index contributed by atoms with van der Waals surface area (Å²) in [6.45, 7) is 14.6. The maximum absolute atomic E-state index is 14.2. The molecule has 3 fully saturated rings. The van der Waals surface area contributed by atoms with Crippen LogP contribution in [-0.2, 0) is 9.59 Å². The molecule has 0 aromatic carbocycles. The lowest BCUT2D eigenvalue weighted by molar-refractivity contribution is -0.188. The van der Waals surface area contributed by atoms with E-state index >= 15 is 0 Å². The van der Waals surface area contributed by atoms with Gasteiger partial charge in [0.25, 0.3) is 0 Å². The molecule has 7 nitrogen and oxygen atoms in total. The van der Waals surface area contributed by atoms with Gasteiger partial charge in [0.15, 0.2) is 5.78 Å². The smallest absolute Gasteiger partial charge is 0.164 e. The van der Waals surface area contributed by atoms with Crippen LogP contribution in [0.5, 0.6) is 0 Å². The van der Waals surface area contributed by atoms with Crippen LogP contribution >= 0.6 is 0 Å². The van der Waals surface area contributed by atoms with Gasteiger partial charge in [0.05, 0.1) is 23.9 Å². The lowest BCUT2D eigenvalue weighted by Crippen LogP contribution is -2.65. The van der Waals surface area contributed by atoms with E-state index in [1.807, 2.05) is 27.7 Å². The Morgan fingerprint density at radius 1 is 1.00 bits per heavy atom. The number of ketones is 2. The van der Waals surface area contributed by atoms with Crippen LogP contribution in [0, 0.1) is 39.4 Å². The van der Waals surface area contributed by atoms with Gasteiger partial charge in [-0.15, -0.1) is 0 Å². The fraction of sp³-hybridized carbons (Fsp3) is 0.867. The third-order valence-electron chi connectivity index (χ3n) is 11.8. The number of Topliss-reactive ketones (excluding diaryl/α,β-unsaturated/α-hetero) is 2. The number of rotatable bonds is 5. The highest BCUT2D eigenvalue weighted by molar-refractivity contribution is 5.90. The van der Waals surface area contributed by atoms with E-state index in [0.29, 0.717) is 19.3 Å². The molecule has 0 heterocycles. The molecule has 0 aliphatic heterocycles. The van der Waals surface area contributed by atoms with Crippen molar-refractivity contribution in [1.29, 1.82) is 0 Å². The van der Waals surface area contributed by atoms with E-state index in [0.717, 1.165) is 5.57 Å². The summed E-state index contributed by atoms with van der Waals surface area (Å²) >= 11 is 0. The number of allylic oxidation sites excluding steroid dienone is 1. The predicted octanol–water partition coefficient (Wildman–Crippen LogP) is 2.94. The average Bonchev–Trinajstić information content (AvgIpc) is 2.96. The van der Waals surface area contributed by atoms with Crippen molar-refractivity contribution in [3.63, 3.8) is 0 Å². The van der Waals surface area contributed by atoms with Gasteiger partial charge in [-0.05, 0) is 69.1 Å². The second-order valence-electron chi connectivity index (χ2n) is 14.8. The molecule has 4 aliphatic carbocycles. The Hall–Kier alpha value is -1.12. The molecular weight excluding hydrogens is 472 g/mol. The number of aliphatic hydroxyl groups is 5. The van der Waals surface area contributed by atoms with Crippen molar-refractivity contribution in [2.45, 2.75) is 123 Å². The van der Waals surface area contributed by atoms with Gasteiger partial charge in [0.2, 0.25) is 0 Å². The Kier molecular flexibility index (Phi) is 6.59. The third kappa shape index (κ3) is 3.86. The molecule has 0 amide bonds. The van der Waals surface area contributed by atoms with E-state index in [1.54, 1.807) is 13.8 Å². The van der Waals surface area contributed by atoms with Gasteiger partial charge in [0, 0.05) is 29.6 Å². The number of fused-ring (bicyclic) bond motifs is 5. The summed E-state index contributed by atoms with van der Waals surface area (Å²) < 4.78 is 0. The first-order chi connectivity index (χ1) is 16.7. The van der Waals surface area contributed by atoms with Crippen molar-refractivity contribution < 1.29 is 35.1 Å². The van der Waals surface area contributed by atoms with Gasteiger partial charge >= 0.3 is 0 Å². The molecule has 0 aromatic rings. The van der Waals surface area contributed by atoms with Crippen molar-refractivity contribution in [2.75, 3.05) is 0 Å². The molecule has 0 aromatic heterocycles. The van der Waals surface area contributed by atoms with E-state index in [9.17, 15) is 35.1 Å². The highest BCUT2D eigenvalue weighted by Gasteiger charge is 2.74. The van der Waals surface area contributed by atoms with Crippen LogP contribution in [0.3, 0.4) is 0 Å². The van der Waals surface area contributed by atoms with Gasteiger partial charge in [-0.1, -0.05) is 46.3 Å². The normalized spacial score (nSPS) is 46.8. The van der Waals surface area contributed by atoms with Gasteiger partial charge in [0.1, 0.15) is 11.4 Å². The number of carbonyl (C=O) groups excluding carboxylic acids is 2. The van der Waals surface area contributed by atoms with Crippen molar-refractivity contribution in [1.82, 2.24) is 0 Å². The zero-order valence-electron chi connectivity index (χ0n) is 23.8. The summed E-state index contributed by atoms with van der Waals surface area (Å²) in [5, 5.41) is 54.8. The Morgan fingerprint density at radius 2 is 1.59 bits per heavy atom. The number of aliphatic hydroxyl groups excluding tert-OH is 3. The number of hydrogen-bond donors (Lipinski definition) is 5. The molecule has 7 heteroatoms. The summed E-state index contributed by atoms with van der Waals surface area (Å²) in [5.74, 6) is -1.60. The molecule has 0 radical (unpaired) electrons. The molecule has 0 unspecified atom stereocenters. The zero-order chi connectivity index (χ0) is 28.1. The summed E-state index contributed by atoms with van der Waals surface area (Å²) in [6, 6.07) is 0. The van der Waals surface area contributed by atoms with Gasteiger partial charge in [-0.2, -0.15) is 0 Å². The van der Waals surface area contributed by atoms with E-state index < -0.39 is 62.9 Å². The molecule has 37 heavy (non-hydrogen) atoms. The SMILES string of the molecule is CC(C)(O)CCC(=O)[C@@](C)(O)[C@@H]1[C@@H](O)C[C@]2(C)[C@H]3CC=C4[C@H](C[C@@H](O)[C@H](O)C4(C)C)[C@@]3(C)C(=O)C[C@@]12C. The first-order valence-electron chi connectivity index (χ1n) is 13.9. The maximum Gasteiger partial charge on any atom is 0.164 e. The predicted molar refractivity (Wildman–Crippen MR) is 139 cm³/mol. The minimum atomic E-state index is -1.85. The standard InChI is InChI=1S/C30H48O7/c1-25(2,36)12-11-21(33)30(8,37)23-19(32)14-27(5)20-10-9-16-17(13-18(31)24(35)26(16,3)4)29(20,7)22(34)15-28(23,27)6/h9,17-20,23-24,31-32,35-37H,10-15H2,1-8H3/t17-,18+,19-,20+,23+,24-,27+,28-,29+,30+/m0/s1. The van der Waals surface area contributed by atoms with Crippen molar-refractivity contribution in [3.05, 3.63) is 11.6 Å². The molecule has 0 spiro atoms. The fourth-order valence-electron chi connectivity index (χ4n) is 9.40. The summed E-state index contributed by atoms with van der Waals surface area (Å²) in [7, 11) is 0. The van der Waals surface area contributed by atoms with Crippen LogP contribution in [0.25, 0.3) is 0 Å². The first kappa shape index (κ1) is 28.9. The zero-order valence-corrected chi connectivity index (χ0v) is 23.8. The first-order valence-corrected chi connectivity index (χ1v) is 13.9. The minimum absolute atomic E-state index is 0.0227. The van der Waals surface area contributed by atoms with Crippen molar-refractivity contribution >= 4 is 11.6 Å². The second-order valence-corrected chi connectivity index (χ2v) is 14.8. The molecule has 210 valence electrons. The summed E-state index contributed by atoms with van der Waals surface area (Å²) in [4.78, 5) is 27.5. The maximum atomic E-state index is 14.2. The lowest BCUT2D eigenvalue weighted by Gasteiger charge is -2.65. The summed E-state index contributed by atoms with van der Waals surface area (Å²) in [5.41, 5.74) is -4.71. The van der Waals surface area contributed by atoms with E-state index in [-0.39, 0.29) is 36.9 Å². The van der Waals surface area contributed by atoms with Crippen LogP contribution in [-0.4, -0.2) is 66.6 Å². The lowest BCUT2D eigenvalue weighted by atomic mass is 9.38. The molecular formula is C30H48O7. The Balaban J connectivity index is 1.76. The molecule has 10 atom stereocenters. The number of hydrogen-bond acceptors (Lipinski definition) is 7. The minimum Gasteiger partial charge on any atom is -0.393 e. The monoisotopic (exact) mass is 520 g/mol. The average molecular weight is 521 g/mol. The van der Waals surface area contributed by atoms with E-state index in [4.69, 9.17) is 0 Å². The van der Waals surface area contributed by atoms with Crippen LogP contribution in [0.2, 0.25) is 0 Å². The summed E-state index contributed by atoms with van der Waals surface area (Å²) in [6.07, 6.45) is 0.895. The van der Waals surface area contributed by atoms with Crippen molar-refractivity contribution in [3.8, 4) is 0 Å². The fourth-order valence-corrected chi connectivity index (χ4v) is 9.40. The molecule has 0 saturated heterocycles. The number of carbonyl (C=O) groups is 2. The van der Waals surface area contributed by atoms with Crippen LogP contribution in [0.15, 0.2) is 11.6 Å². The largest absolute Gasteiger partial charge is 0.393 e. The quantitative estimate of drug-likeness (QED) is 0.352. The Bertz CT molecular complexity index is 1010. The molecule has 4 rings (SSSR count). The van der Waals surface area contributed by atoms with Crippen molar-refractivity contribution in [2.24, 2.45) is 39.4 Å². The van der Waals surface area contributed by atoms with Crippen LogP contribution < -0.4 is 0 Å². The van der Waals surface area contributed by atoms with E-state index in [2.05, 4.69) is 13.0 Å². The highest BCUT2D eigenvalue weighted by Crippen LogP contribution is 2.74. The molecule has 5 N–H and O–H groups in total. The van der Waals surface area contributed by atoms with Gasteiger partial charge in [-0.25, -0.2) is 0 Å². The molecule has 0 bridgehead atoms. The van der Waals surface area contributed by atoms with Gasteiger partial charge in [-0.3, -0.25) is 9.59 Å². The molecule has 3 saturated carbocycles. The van der Waals surface area contributed by atoms with E-state index in [1.165, 1.54) is 6.92 Å². The molecule has 4 aliphatic rings. The Labute approximate surface area is 221 Å².